The Labute approximate surface area is 94.0 Å². The lowest BCUT2D eigenvalue weighted by atomic mass is 10.1. The van der Waals surface area contributed by atoms with Gasteiger partial charge in [-0.1, -0.05) is 13.3 Å². The summed E-state index contributed by atoms with van der Waals surface area (Å²) in [6.45, 7) is 5.72. The average molecular weight is 214 g/mol. The molecule has 3 heteroatoms. The van der Waals surface area contributed by atoms with Crippen LogP contribution in [0.25, 0.3) is 0 Å². The van der Waals surface area contributed by atoms with Crippen molar-refractivity contribution in [3.8, 4) is 0 Å². The molecule has 0 radical (unpaired) electrons. The molecule has 1 heterocycles. The van der Waals surface area contributed by atoms with Gasteiger partial charge in [0.05, 0.1) is 6.10 Å². The van der Waals surface area contributed by atoms with Crippen LogP contribution in [0.3, 0.4) is 0 Å². The molecule has 3 nitrogen and oxygen atoms in total. The predicted octanol–water partition coefficient (Wildman–Crippen LogP) is 1.61. The van der Waals surface area contributed by atoms with Crippen molar-refractivity contribution < 1.29 is 4.74 Å². The minimum absolute atomic E-state index is 0.398. The van der Waals surface area contributed by atoms with Crippen molar-refractivity contribution in [1.29, 1.82) is 0 Å². The molecule has 1 saturated heterocycles. The molecule has 1 rings (SSSR count). The first-order chi connectivity index (χ1) is 7.26. The standard InChI is InChI=1S/C12H26N2O/c1-3-4-11(13)5-8-14-9-6-12(15-2)7-10-14/h11-12H,3-10,13H2,1-2H3. The monoisotopic (exact) mass is 214 g/mol. The predicted molar refractivity (Wildman–Crippen MR) is 64.0 cm³/mol. The van der Waals surface area contributed by atoms with Crippen LogP contribution in [0.15, 0.2) is 0 Å². The normalized spacial score (nSPS) is 21.8. The van der Waals surface area contributed by atoms with E-state index in [-0.39, 0.29) is 0 Å². The summed E-state index contributed by atoms with van der Waals surface area (Å²) in [6.07, 6.45) is 6.36. The van der Waals surface area contributed by atoms with Gasteiger partial charge < -0.3 is 15.4 Å². The number of rotatable bonds is 6. The van der Waals surface area contributed by atoms with E-state index in [2.05, 4.69) is 11.8 Å². The van der Waals surface area contributed by atoms with Crippen LogP contribution in [0, 0.1) is 0 Å². The van der Waals surface area contributed by atoms with Crippen molar-refractivity contribution in [2.75, 3.05) is 26.7 Å². The Balaban J connectivity index is 2.08. The van der Waals surface area contributed by atoms with Gasteiger partial charge in [0, 0.05) is 26.2 Å². The maximum absolute atomic E-state index is 6.00. The summed E-state index contributed by atoms with van der Waals surface area (Å²) in [5.41, 5.74) is 6.00. The Morgan fingerprint density at radius 3 is 2.53 bits per heavy atom. The second kappa shape index (κ2) is 7.20. The van der Waals surface area contributed by atoms with Crippen LogP contribution in [0.1, 0.15) is 39.0 Å². The summed E-state index contributed by atoms with van der Waals surface area (Å²) in [7, 11) is 1.82. The molecule has 1 fully saturated rings. The first-order valence-corrected chi connectivity index (χ1v) is 6.27. The Bertz CT molecular complexity index is 156. The molecule has 90 valence electrons. The number of ether oxygens (including phenoxy) is 1. The molecular formula is C12H26N2O. The Hall–Kier alpha value is -0.120. The SMILES string of the molecule is CCCC(N)CCN1CCC(OC)CC1. The van der Waals surface area contributed by atoms with E-state index in [1.807, 2.05) is 7.11 Å². The van der Waals surface area contributed by atoms with Crippen LogP contribution in [0.4, 0.5) is 0 Å². The molecule has 1 unspecified atom stereocenters. The van der Waals surface area contributed by atoms with Crippen LogP contribution in [0.5, 0.6) is 0 Å². The molecule has 15 heavy (non-hydrogen) atoms. The Morgan fingerprint density at radius 1 is 1.33 bits per heavy atom. The van der Waals surface area contributed by atoms with Crippen molar-refractivity contribution in [1.82, 2.24) is 4.90 Å². The van der Waals surface area contributed by atoms with E-state index in [0.717, 1.165) is 19.4 Å². The smallest absolute Gasteiger partial charge is 0.0595 e. The summed E-state index contributed by atoms with van der Waals surface area (Å²) >= 11 is 0. The molecular weight excluding hydrogens is 188 g/mol. The van der Waals surface area contributed by atoms with Crippen molar-refractivity contribution in [3.05, 3.63) is 0 Å². The average Bonchev–Trinajstić information content (AvgIpc) is 2.27. The maximum atomic E-state index is 6.00. The van der Waals surface area contributed by atoms with Gasteiger partial charge in [-0.15, -0.1) is 0 Å². The molecule has 0 aromatic heterocycles. The molecule has 0 spiro atoms. The summed E-state index contributed by atoms with van der Waals surface area (Å²) < 4.78 is 5.35. The fourth-order valence-corrected chi connectivity index (χ4v) is 2.23. The van der Waals surface area contributed by atoms with Crippen molar-refractivity contribution in [2.45, 2.75) is 51.2 Å². The first-order valence-electron chi connectivity index (χ1n) is 6.27. The van der Waals surface area contributed by atoms with Gasteiger partial charge in [0.25, 0.3) is 0 Å². The highest BCUT2D eigenvalue weighted by molar-refractivity contribution is 4.73. The largest absolute Gasteiger partial charge is 0.381 e. The van der Waals surface area contributed by atoms with E-state index in [1.165, 1.54) is 32.4 Å². The van der Waals surface area contributed by atoms with Crippen LogP contribution in [-0.4, -0.2) is 43.8 Å². The number of nitrogens with two attached hydrogens (primary N) is 1. The minimum Gasteiger partial charge on any atom is -0.381 e. The number of nitrogens with zero attached hydrogens (tertiary/aromatic N) is 1. The van der Waals surface area contributed by atoms with Crippen LogP contribution >= 0.6 is 0 Å². The minimum atomic E-state index is 0.398. The second-order valence-electron chi connectivity index (χ2n) is 4.61. The van der Waals surface area contributed by atoms with E-state index >= 15 is 0 Å². The van der Waals surface area contributed by atoms with Crippen molar-refractivity contribution in [2.24, 2.45) is 5.73 Å². The lowest BCUT2D eigenvalue weighted by Gasteiger charge is -2.31. The molecule has 1 atom stereocenters. The molecule has 0 aromatic rings. The topological polar surface area (TPSA) is 38.5 Å². The molecule has 0 amide bonds. The highest BCUT2D eigenvalue weighted by Gasteiger charge is 2.18. The summed E-state index contributed by atoms with van der Waals surface area (Å²) in [5, 5.41) is 0. The molecule has 0 aliphatic carbocycles. The molecule has 2 N–H and O–H groups in total. The van der Waals surface area contributed by atoms with E-state index < -0.39 is 0 Å². The van der Waals surface area contributed by atoms with Gasteiger partial charge >= 0.3 is 0 Å². The number of hydrogen-bond acceptors (Lipinski definition) is 3. The molecule has 0 bridgehead atoms. The van der Waals surface area contributed by atoms with Crippen molar-refractivity contribution in [3.63, 3.8) is 0 Å². The van der Waals surface area contributed by atoms with Crippen molar-refractivity contribution >= 4 is 0 Å². The fourth-order valence-electron chi connectivity index (χ4n) is 2.23. The van der Waals surface area contributed by atoms with Gasteiger partial charge in [-0.05, 0) is 32.2 Å². The highest BCUT2D eigenvalue weighted by Crippen LogP contribution is 2.13. The van der Waals surface area contributed by atoms with Gasteiger partial charge in [-0.2, -0.15) is 0 Å². The Kier molecular flexibility index (Phi) is 6.22. The maximum Gasteiger partial charge on any atom is 0.0595 e. The number of methoxy groups -OCH3 is 1. The van der Waals surface area contributed by atoms with Gasteiger partial charge in [0.2, 0.25) is 0 Å². The third kappa shape index (κ3) is 4.96. The zero-order valence-corrected chi connectivity index (χ0v) is 10.2. The second-order valence-corrected chi connectivity index (χ2v) is 4.61. The molecule has 0 aromatic carbocycles. The summed E-state index contributed by atoms with van der Waals surface area (Å²) in [6, 6.07) is 0.398. The number of piperidine rings is 1. The van der Waals surface area contributed by atoms with E-state index in [4.69, 9.17) is 10.5 Å². The highest BCUT2D eigenvalue weighted by atomic mass is 16.5. The number of hydrogen-bond donors (Lipinski definition) is 1. The van der Waals surface area contributed by atoms with Gasteiger partial charge in [0.1, 0.15) is 0 Å². The van der Waals surface area contributed by atoms with Gasteiger partial charge in [-0.3, -0.25) is 0 Å². The third-order valence-corrected chi connectivity index (χ3v) is 3.34. The Morgan fingerprint density at radius 2 is 2.00 bits per heavy atom. The van der Waals surface area contributed by atoms with E-state index in [0.29, 0.717) is 12.1 Å². The third-order valence-electron chi connectivity index (χ3n) is 3.34. The van der Waals surface area contributed by atoms with Crippen LogP contribution < -0.4 is 5.73 Å². The van der Waals surface area contributed by atoms with E-state index in [1.54, 1.807) is 0 Å². The summed E-state index contributed by atoms with van der Waals surface area (Å²) in [5.74, 6) is 0. The van der Waals surface area contributed by atoms with Gasteiger partial charge in [-0.25, -0.2) is 0 Å². The lowest BCUT2D eigenvalue weighted by molar-refractivity contribution is 0.0403. The lowest BCUT2D eigenvalue weighted by Crippen LogP contribution is -2.39. The molecule has 0 saturated carbocycles. The molecule has 1 aliphatic rings. The quantitative estimate of drug-likeness (QED) is 0.730. The zero-order chi connectivity index (χ0) is 11.1. The number of likely N-dealkylation sites (tertiary alicyclic amines) is 1. The summed E-state index contributed by atoms with van der Waals surface area (Å²) in [4.78, 5) is 2.52. The first kappa shape index (κ1) is 12.9. The zero-order valence-electron chi connectivity index (χ0n) is 10.2. The fraction of sp³-hybridized carbons (Fsp3) is 1.00. The van der Waals surface area contributed by atoms with Crippen LogP contribution in [-0.2, 0) is 4.74 Å². The van der Waals surface area contributed by atoms with Gasteiger partial charge in [0.15, 0.2) is 0 Å². The van der Waals surface area contributed by atoms with Crippen LogP contribution in [0.2, 0.25) is 0 Å². The molecule has 1 aliphatic heterocycles. The van der Waals surface area contributed by atoms with E-state index in [9.17, 15) is 0 Å².